The van der Waals surface area contributed by atoms with Crippen molar-refractivity contribution >= 4 is 47.1 Å². The van der Waals surface area contributed by atoms with Gasteiger partial charge < -0.3 is 47.4 Å². The van der Waals surface area contributed by atoms with Gasteiger partial charge in [-0.3, -0.25) is 14.4 Å². The summed E-state index contributed by atoms with van der Waals surface area (Å²) >= 11 is 4.91. The van der Waals surface area contributed by atoms with Gasteiger partial charge in [-0.1, -0.05) is 38.2 Å². The number of aromatic amines is 2. The Balaban J connectivity index is 0.000000174. The number of nitrogens with zero attached hydrogens (tertiary/aromatic N) is 2. The fraction of sp³-hybridized carbons (Fsp3) is 0.579. The summed E-state index contributed by atoms with van der Waals surface area (Å²) in [6, 6.07) is 4.39. The Labute approximate surface area is 314 Å². The number of nitrogens with two attached hydrogens (primary N) is 2. The smallest absolute Gasteiger partial charge is 0.323 e. The molecular weight excluding hydrogens is 697 g/mol. The van der Waals surface area contributed by atoms with Gasteiger partial charge in [-0.05, 0) is 113 Å². The van der Waals surface area contributed by atoms with Crippen LogP contribution in [0.4, 0.5) is 5.95 Å². The number of amides is 2. The largest absolute Gasteiger partial charge is 0.504 e. The number of phenols is 2. The van der Waals surface area contributed by atoms with Crippen LogP contribution in [0.1, 0.15) is 85.6 Å². The summed E-state index contributed by atoms with van der Waals surface area (Å²) in [5.74, 6) is 1.05. The predicted molar refractivity (Wildman–Crippen MR) is 204 cm³/mol. The highest BCUT2D eigenvalue weighted by Crippen LogP contribution is 2.65. The molecule has 7 rings (SSSR count). The summed E-state index contributed by atoms with van der Waals surface area (Å²) in [4.78, 5) is 49.0. The number of carbonyl (C=O) groups excluding carboxylic acids is 2. The second-order valence-electron chi connectivity index (χ2n) is 16.9. The number of fused-ring (bicyclic) bond motifs is 6. The number of carbonyl (C=O) groups is 3. The van der Waals surface area contributed by atoms with Gasteiger partial charge in [-0.25, -0.2) is 9.97 Å². The average Bonchev–Trinajstić information content (AvgIpc) is 3.67. The van der Waals surface area contributed by atoms with Gasteiger partial charge in [0.1, 0.15) is 11.1 Å². The van der Waals surface area contributed by atoms with E-state index in [0.717, 1.165) is 19.3 Å². The number of phenolic OH excluding ortho intramolecular Hbond substituents is 2. The number of anilines is 1. The van der Waals surface area contributed by atoms with Crippen molar-refractivity contribution in [2.24, 2.45) is 40.2 Å². The number of carboxylic acid groups (broad SMARTS) is 1. The molecule has 1 aliphatic heterocycles. The van der Waals surface area contributed by atoms with Crippen LogP contribution < -0.4 is 22.1 Å². The molecule has 0 radical (unpaired) electrons. The number of aliphatic carboxylic acids is 1. The molecule has 288 valence electrons. The van der Waals surface area contributed by atoms with E-state index in [9.17, 15) is 19.5 Å². The number of aromatic nitrogens is 4. The summed E-state index contributed by atoms with van der Waals surface area (Å²) in [6.45, 7) is 12.3. The molecule has 2 aromatic heterocycles. The molecule has 0 spiro atoms. The first-order valence-corrected chi connectivity index (χ1v) is 18.6. The number of imidazole rings is 1. The van der Waals surface area contributed by atoms with Gasteiger partial charge in [-0.15, -0.1) is 0 Å². The van der Waals surface area contributed by atoms with E-state index in [1.54, 1.807) is 6.08 Å². The number of rotatable bonds is 4. The lowest BCUT2D eigenvalue weighted by Gasteiger charge is -2.58. The molecule has 15 heteroatoms. The molecule has 0 unspecified atom stereocenters. The third-order valence-electron chi connectivity index (χ3n) is 11.9. The molecular formula is C38H54N8O6S. The van der Waals surface area contributed by atoms with Crippen LogP contribution in [0, 0.1) is 39.1 Å². The number of hydrogen-bond acceptors (Lipinski definition) is 10. The minimum Gasteiger partial charge on any atom is -0.504 e. The van der Waals surface area contributed by atoms with E-state index in [0.29, 0.717) is 39.1 Å². The van der Waals surface area contributed by atoms with Crippen molar-refractivity contribution < 1.29 is 29.7 Å². The van der Waals surface area contributed by atoms with Crippen molar-refractivity contribution in [3.8, 4) is 11.5 Å². The number of aromatic hydroxyl groups is 2. The Morgan fingerprint density at radius 2 is 1.77 bits per heavy atom. The highest BCUT2D eigenvalue weighted by atomic mass is 32.1. The SMILES string of the molecule is CC(C)(C)NC(=O)[C@H]1CC[C@H]2[C@@H]3CC[C@H]4NC(=O)C=C[C@]4(C)[C@H]3CC[C@]12C.C[C@](N)(Cc1ccc(O)c(O)c1)C(=O)O.Nc1nc(=S)c2[nH]cnc2[nH]1. The number of H-pyrrole nitrogens is 2. The summed E-state index contributed by atoms with van der Waals surface area (Å²) in [5.41, 5.74) is 11.5. The van der Waals surface area contributed by atoms with Gasteiger partial charge in [0.15, 0.2) is 21.8 Å². The predicted octanol–water partition coefficient (Wildman–Crippen LogP) is 4.85. The monoisotopic (exact) mass is 750 g/mol. The molecule has 3 saturated carbocycles. The average molecular weight is 751 g/mol. The molecule has 53 heavy (non-hydrogen) atoms. The van der Waals surface area contributed by atoms with Crippen LogP contribution in [0.15, 0.2) is 36.7 Å². The number of nitrogen functional groups attached to an aromatic ring is 1. The van der Waals surface area contributed by atoms with E-state index < -0.39 is 11.5 Å². The fourth-order valence-electron chi connectivity index (χ4n) is 9.27. The second kappa shape index (κ2) is 14.7. The lowest BCUT2D eigenvalue weighted by Crippen LogP contribution is -2.59. The van der Waals surface area contributed by atoms with Crippen molar-refractivity contribution in [1.29, 1.82) is 0 Å². The van der Waals surface area contributed by atoms with E-state index in [-0.39, 0.29) is 64.0 Å². The number of hydrogen-bond donors (Lipinski definition) is 9. The van der Waals surface area contributed by atoms with E-state index >= 15 is 0 Å². The first kappa shape index (κ1) is 39.7. The Bertz CT molecular complexity index is 1950. The Hall–Kier alpha value is -4.50. The zero-order chi connectivity index (χ0) is 39.1. The Morgan fingerprint density at radius 1 is 1.06 bits per heavy atom. The molecule has 8 atom stereocenters. The first-order chi connectivity index (χ1) is 24.6. The van der Waals surface area contributed by atoms with Gasteiger partial charge in [0, 0.05) is 29.3 Å². The van der Waals surface area contributed by atoms with Crippen molar-refractivity contribution in [3.63, 3.8) is 0 Å². The van der Waals surface area contributed by atoms with E-state index in [2.05, 4.69) is 71.3 Å². The maximum atomic E-state index is 13.0. The maximum Gasteiger partial charge on any atom is 0.323 e. The quantitative estimate of drug-likeness (QED) is 0.129. The zero-order valence-electron chi connectivity index (χ0n) is 31.3. The Morgan fingerprint density at radius 3 is 2.43 bits per heavy atom. The van der Waals surface area contributed by atoms with Crippen molar-refractivity contribution in [2.45, 2.75) is 104 Å². The summed E-state index contributed by atoms with van der Waals surface area (Å²) < 4.78 is 0.439. The van der Waals surface area contributed by atoms with E-state index in [4.69, 9.17) is 33.9 Å². The zero-order valence-corrected chi connectivity index (χ0v) is 32.1. The van der Waals surface area contributed by atoms with Crippen LogP contribution in [-0.2, 0) is 20.8 Å². The van der Waals surface area contributed by atoms with Crippen molar-refractivity contribution in [2.75, 3.05) is 5.73 Å². The number of benzene rings is 1. The van der Waals surface area contributed by atoms with Gasteiger partial charge in [0.05, 0.1) is 6.33 Å². The summed E-state index contributed by atoms with van der Waals surface area (Å²) in [5, 5.41) is 33.5. The lowest BCUT2D eigenvalue weighted by molar-refractivity contribution is -0.142. The summed E-state index contributed by atoms with van der Waals surface area (Å²) in [7, 11) is 0. The van der Waals surface area contributed by atoms with Gasteiger partial charge in [0.25, 0.3) is 0 Å². The number of carboxylic acids is 1. The van der Waals surface area contributed by atoms with Crippen molar-refractivity contribution in [3.05, 3.63) is 46.9 Å². The third-order valence-corrected chi connectivity index (χ3v) is 12.2. The van der Waals surface area contributed by atoms with E-state index in [1.807, 2.05) is 0 Å². The van der Waals surface area contributed by atoms with Gasteiger partial charge >= 0.3 is 5.97 Å². The van der Waals surface area contributed by atoms with E-state index in [1.165, 1.54) is 50.7 Å². The minimum atomic E-state index is -1.39. The molecule has 3 heterocycles. The molecule has 3 aromatic rings. The van der Waals surface area contributed by atoms with Crippen LogP contribution >= 0.6 is 12.2 Å². The molecule has 11 N–H and O–H groups in total. The molecule has 14 nitrogen and oxygen atoms in total. The molecule has 4 aliphatic rings. The normalized spacial score (nSPS) is 29.8. The standard InChI is InChI=1S/C23H36N2O2.C10H13NO4.C5H5N5S/c1-21(2,3)25-20(27)17-8-7-15-14-6-9-18-23(5,13-11-19(26)24-18)16(14)10-12-22(15,17)4;1-10(11,9(14)15)5-6-2-3-7(12)8(13)4-6;6-5-9-3-2(4(11)10-5)7-1-8-3/h11,13-18H,6-10,12H2,1-5H3,(H,24,26)(H,25,27);2-4,12-13H,5,11H2,1H3,(H,14,15);1H,(H4,6,7,8,9,10,11)/t14-,15-,16-,17+,18+,22-,23+;10-;/m00./s1. The van der Waals surface area contributed by atoms with Gasteiger partial charge in [-0.2, -0.15) is 0 Å². The maximum absolute atomic E-state index is 13.0. The highest BCUT2D eigenvalue weighted by molar-refractivity contribution is 7.71. The van der Waals surface area contributed by atoms with Crippen LogP contribution in [-0.4, -0.2) is 70.2 Å². The van der Waals surface area contributed by atoms with Gasteiger partial charge in [0.2, 0.25) is 17.8 Å². The molecule has 2 amide bonds. The van der Waals surface area contributed by atoms with Crippen LogP contribution in [0.3, 0.4) is 0 Å². The molecule has 3 aliphatic carbocycles. The van der Waals surface area contributed by atoms with Crippen LogP contribution in [0.2, 0.25) is 0 Å². The van der Waals surface area contributed by atoms with Crippen LogP contribution in [0.25, 0.3) is 11.2 Å². The molecule has 0 bridgehead atoms. The molecule has 0 saturated heterocycles. The minimum absolute atomic E-state index is 0.0661. The topological polar surface area (TPSA) is 245 Å². The molecule has 3 fully saturated rings. The first-order valence-electron chi connectivity index (χ1n) is 18.2. The second-order valence-corrected chi connectivity index (χ2v) is 17.3. The lowest BCUT2D eigenvalue weighted by atomic mass is 9.48. The summed E-state index contributed by atoms with van der Waals surface area (Å²) in [6.07, 6.45) is 12.3. The molecule has 1 aromatic carbocycles. The third kappa shape index (κ3) is 8.35. The highest BCUT2D eigenvalue weighted by Gasteiger charge is 2.61. The Kier molecular flexibility index (Phi) is 11.0. The fourth-order valence-corrected chi connectivity index (χ4v) is 9.52. The van der Waals surface area contributed by atoms with Crippen molar-refractivity contribution in [1.82, 2.24) is 30.6 Å². The van der Waals surface area contributed by atoms with Crippen LogP contribution in [0.5, 0.6) is 11.5 Å². The number of nitrogens with one attached hydrogen (secondary N) is 4.